The third-order valence-corrected chi connectivity index (χ3v) is 3.72. The number of pyridine rings is 1. The van der Waals surface area contributed by atoms with E-state index < -0.39 is 0 Å². The highest BCUT2D eigenvalue weighted by Crippen LogP contribution is 2.19. The molecule has 104 valence electrons. The molecular formula is C18H17N3. The first-order valence-electron chi connectivity index (χ1n) is 7.13. The average Bonchev–Trinajstić information content (AvgIpc) is 2.91. The number of nitriles is 1. The number of aryl methyl sites for hydroxylation is 1. The number of hydrogen-bond acceptors (Lipinski definition) is 2. The Morgan fingerprint density at radius 3 is 2.67 bits per heavy atom. The molecule has 3 nitrogen and oxygen atoms in total. The van der Waals surface area contributed by atoms with Crippen LogP contribution in [0.1, 0.15) is 23.6 Å². The Morgan fingerprint density at radius 1 is 1.14 bits per heavy atom. The summed E-state index contributed by atoms with van der Waals surface area (Å²) < 4.78 is 2.00. The lowest BCUT2D eigenvalue weighted by Gasteiger charge is -2.06. The van der Waals surface area contributed by atoms with Crippen molar-refractivity contribution in [2.45, 2.75) is 19.9 Å². The molecule has 3 heteroatoms. The van der Waals surface area contributed by atoms with Gasteiger partial charge in [-0.3, -0.25) is 0 Å². The van der Waals surface area contributed by atoms with Crippen LogP contribution < -0.4 is 5.32 Å². The van der Waals surface area contributed by atoms with Crippen molar-refractivity contribution in [2.24, 2.45) is 0 Å². The van der Waals surface area contributed by atoms with E-state index in [1.807, 2.05) is 35.0 Å². The summed E-state index contributed by atoms with van der Waals surface area (Å²) in [4.78, 5) is 0. The Labute approximate surface area is 124 Å². The van der Waals surface area contributed by atoms with Crippen LogP contribution in [-0.2, 0) is 13.0 Å². The van der Waals surface area contributed by atoms with Gasteiger partial charge in [0.2, 0.25) is 0 Å². The Morgan fingerprint density at radius 2 is 1.95 bits per heavy atom. The fourth-order valence-electron chi connectivity index (χ4n) is 2.50. The molecule has 0 aliphatic heterocycles. The predicted octanol–water partition coefficient (Wildman–Crippen LogP) is 3.99. The molecule has 0 aliphatic rings. The SMILES string of the molecule is CCc1ccc(NCc2cn3ccccc3c2C#N)cc1. The molecule has 0 aliphatic carbocycles. The maximum absolute atomic E-state index is 9.38. The van der Waals surface area contributed by atoms with E-state index in [-0.39, 0.29) is 0 Å². The van der Waals surface area contributed by atoms with Crippen LogP contribution in [-0.4, -0.2) is 4.40 Å². The standard InChI is InChI=1S/C18H17N3/c1-2-14-6-8-16(9-7-14)20-12-15-13-21-10-4-3-5-18(21)17(15)11-19/h3-10,13,20H,2,12H2,1H3. The first kappa shape index (κ1) is 13.3. The Hall–Kier alpha value is -2.73. The summed E-state index contributed by atoms with van der Waals surface area (Å²) in [6.45, 7) is 2.80. The highest BCUT2D eigenvalue weighted by molar-refractivity contribution is 5.65. The monoisotopic (exact) mass is 275 g/mol. The molecule has 1 aromatic carbocycles. The van der Waals surface area contributed by atoms with Gasteiger partial charge in [0.05, 0.1) is 11.1 Å². The van der Waals surface area contributed by atoms with Crippen LogP contribution in [0.2, 0.25) is 0 Å². The van der Waals surface area contributed by atoms with Gasteiger partial charge in [0.1, 0.15) is 6.07 Å². The van der Waals surface area contributed by atoms with Gasteiger partial charge in [0.15, 0.2) is 0 Å². The minimum absolute atomic E-state index is 0.649. The second-order valence-corrected chi connectivity index (χ2v) is 5.04. The zero-order valence-electron chi connectivity index (χ0n) is 12.0. The number of rotatable bonds is 4. The summed E-state index contributed by atoms with van der Waals surface area (Å²) in [6.07, 6.45) is 5.03. The number of anilines is 1. The molecule has 0 radical (unpaired) electrons. The van der Waals surface area contributed by atoms with E-state index in [2.05, 4.69) is 42.6 Å². The van der Waals surface area contributed by atoms with Crippen molar-refractivity contribution in [1.82, 2.24) is 4.40 Å². The molecule has 2 heterocycles. The molecule has 21 heavy (non-hydrogen) atoms. The molecule has 0 spiro atoms. The van der Waals surface area contributed by atoms with Crippen molar-refractivity contribution in [3.63, 3.8) is 0 Å². The first-order chi connectivity index (χ1) is 10.3. The molecule has 0 amide bonds. The van der Waals surface area contributed by atoms with Gasteiger partial charge in [-0.25, -0.2) is 0 Å². The van der Waals surface area contributed by atoms with Crippen LogP contribution in [0, 0.1) is 11.3 Å². The Bertz CT molecular complexity index is 791. The second-order valence-electron chi connectivity index (χ2n) is 5.04. The van der Waals surface area contributed by atoms with E-state index in [1.54, 1.807) is 0 Å². The molecule has 0 atom stereocenters. The molecule has 0 fully saturated rings. The number of nitrogens with zero attached hydrogens (tertiary/aromatic N) is 2. The van der Waals surface area contributed by atoms with Crippen molar-refractivity contribution >= 4 is 11.2 Å². The molecule has 0 saturated carbocycles. The van der Waals surface area contributed by atoms with Crippen LogP contribution in [0.25, 0.3) is 5.52 Å². The van der Waals surface area contributed by atoms with Crippen molar-refractivity contribution in [1.29, 1.82) is 5.26 Å². The van der Waals surface area contributed by atoms with Crippen molar-refractivity contribution in [3.05, 3.63) is 71.5 Å². The van der Waals surface area contributed by atoms with Crippen molar-refractivity contribution in [3.8, 4) is 6.07 Å². The van der Waals surface area contributed by atoms with Crippen LogP contribution in [0.3, 0.4) is 0 Å². The van der Waals surface area contributed by atoms with Gasteiger partial charge >= 0.3 is 0 Å². The van der Waals surface area contributed by atoms with Crippen LogP contribution in [0.15, 0.2) is 54.9 Å². The highest BCUT2D eigenvalue weighted by Gasteiger charge is 2.09. The van der Waals surface area contributed by atoms with Crippen molar-refractivity contribution < 1.29 is 0 Å². The fraction of sp³-hybridized carbons (Fsp3) is 0.167. The number of nitrogens with one attached hydrogen (secondary N) is 1. The fourth-order valence-corrected chi connectivity index (χ4v) is 2.50. The topological polar surface area (TPSA) is 40.2 Å². The smallest absolute Gasteiger partial charge is 0.102 e. The number of fused-ring (bicyclic) bond motifs is 1. The zero-order valence-corrected chi connectivity index (χ0v) is 12.0. The summed E-state index contributed by atoms with van der Waals surface area (Å²) >= 11 is 0. The van der Waals surface area contributed by atoms with Gasteiger partial charge in [0.25, 0.3) is 0 Å². The van der Waals surface area contributed by atoms with Gasteiger partial charge in [-0.15, -0.1) is 0 Å². The predicted molar refractivity (Wildman–Crippen MR) is 85.3 cm³/mol. The molecule has 0 unspecified atom stereocenters. The summed E-state index contributed by atoms with van der Waals surface area (Å²) in [6, 6.07) is 16.6. The Balaban J connectivity index is 1.83. The van der Waals surface area contributed by atoms with E-state index >= 15 is 0 Å². The molecule has 3 aromatic rings. The maximum atomic E-state index is 9.38. The van der Waals surface area contributed by atoms with E-state index in [9.17, 15) is 5.26 Å². The quantitative estimate of drug-likeness (QED) is 0.782. The van der Waals surface area contributed by atoms with E-state index in [0.717, 1.165) is 28.8 Å². The minimum atomic E-state index is 0.649. The Kier molecular flexibility index (Phi) is 3.61. The zero-order chi connectivity index (χ0) is 14.7. The number of benzene rings is 1. The number of hydrogen-bond donors (Lipinski definition) is 1. The lowest BCUT2D eigenvalue weighted by atomic mass is 10.1. The van der Waals surface area contributed by atoms with Gasteiger partial charge in [-0.2, -0.15) is 5.26 Å². The highest BCUT2D eigenvalue weighted by atomic mass is 14.9. The van der Waals surface area contributed by atoms with Crippen LogP contribution in [0.4, 0.5) is 5.69 Å². The van der Waals surface area contributed by atoms with E-state index in [4.69, 9.17) is 0 Å². The summed E-state index contributed by atoms with van der Waals surface area (Å²) in [7, 11) is 0. The van der Waals surface area contributed by atoms with E-state index in [0.29, 0.717) is 6.54 Å². The van der Waals surface area contributed by atoms with Gasteiger partial charge in [-0.1, -0.05) is 25.1 Å². The van der Waals surface area contributed by atoms with E-state index in [1.165, 1.54) is 5.56 Å². The third kappa shape index (κ3) is 2.61. The molecule has 1 N–H and O–H groups in total. The largest absolute Gasteiger partial charge is 0.381 e. The molecule has 3 rings (SSSR count). The van der Waals surface area contributed by atoms with Crippen molar-refractivity contribution in [2.75, 3.05) is 5.32 Å². The lowest BCUT2D eigenvalue weighted by Crippen LogP contribution is -1.99. The van der Waals surface area contributed by atoms with Crippen LogP contribution >= 0.6 is 0 Å². The third-order valence-electron chi connectivity index (χ3n) is 3.72. The molecule has 0 bridgehead atoms. The first-order valence-corrected chi connectivity index (χ1v) is 7.13. The normalized spacial score (nSPS) is 10.5. The molecular weight excluding hydrogens is 258 g/mol. The van der Waals surface area contributed by atoms with Crippen LogP contribution in [0.5, 0.6) is 0 Å². The summed E-state index contributed by atoms with van der Waals surface area (Å²) in [5.74, 6) is 0. The number of aromatic nitrogens is 1. The average molecular weight is 275 g/mol. The van der Waals surface area contributed by atoms with Gasteiger partial charge in [0, 0.05) is 30.2 Å². The van der Waals surface area contributed by atoms with Gasteiger partial charge in [-0.05, 0) is 36.2 Å². The summed E-state index contributed by atoms with van der Waals surface area (Å²) in [5, 5.41) is 12.8. The van der Waals surface area contributed by atoms with Gasteiger partial charge < -0.3 is 9.72 Å². The minimum Gasteiger partial charge on any atom is -0.381 e. The second kappa shape index (κ2) is 5.72. The molecule has 2 aromatic heterocycles. The molecule has 0 saturated heterocycles. The lowest BCUT2D eigenvalue weighted by molar-refractivity contribution is 1.11. The maximum Gasteiger partial charge on any atom is 0.102 e. The summed E-state index contributed by atoms with van der Waals surface area (Å²) in [5.41, 5.74) is 5.12.